The van der Waals surface area contributed by atoms with Crippen LogP contribution < -0.4 is 16.4 Å². The third-order valence-corrected chi connectivity index (χ3v) is 2.11. The summed E-state index contributed by atoms with van der Waals surface area (Å²) < 4.78 is 0. The van der Waals surface area contributed by atoms with E-state index in [4.69, 9.17) is 10.8 Å². The number of aliphatic carboxylic acids is 1. The second-order valence-corrected chi connectivity index (χ2v) is 3.96. The van der Waals surface area contributed by atoms with Gasteiger partial charge in [-0.2, -0.15) is 0 Å². The molecular formula is C10H20N4O4. The predicted octanol–water partition coefficient (Wildman–Crippen LogP) is -1.43. The molecule has 0 aromatic heterocycles. The Morgan fingerprint density at radius 3 is 2.28 bits per heavy atom. The molecule has 0 spiro atoms. The maximum absolute atomic E-state index is 11.4. The fraction of sp³-hybridized carbons (Fsp3) is 0.700. The van der Waals surface area contributed by atoms with E-state index in [1.165, 1.54) is 4.90 Å². The third-order valence-electron chi connectivity index (χ3n) is 2.11. The van der Waals surface area contributed by atoms with Crippen molar-refractivity contribution in [1.82, 2.24) is 15.5 Å². The molecule has 0 saturated heterocycles. The average molecular weight is 260 g/mol. The van der Waals surface area contributed by atoms with Crippen molar-refractivity contribution in [2.24, 2.45) is 5.73 Å². The highest BCUT2D eigenvalue weighted by molar-refractivity contribution is 5.82. The van der Waals surface area contributed by atoms with Gasteiger partial charge in [0.2, 0.25) is 5.91 Å². The van der Waals surface area contributed by atoms with E-state index in [0.29, 0.717) is 0 Å². The number of nitrogens with two attached hydrogens (primary N) is 1. The maximum atomic E-state index is 11.4. The van der Waals surface area contributed by atoms with Crippen LogP contribution in [0.15, 0.2) is 0 Å². The van der Waals surface area contributed by atoms with E-state index in [0.717, 1.165) is 0 Å². The molecule has 0 fully saturated rings. The second kappa shape index (κ2) is 8.29. The van der Waals surface area contributed by atoms with Crippen molar-refractivity contribution in [3.8, 4) is 0 Å². The SMILES string of the molecule is CN(C)C(=O)NCCNC(=O)C(N)CCC(=O)O. The van der Waals surface area contributed by atoms with Gasteiger partial charge in [-0.05, 0) is 6.42 Å². The van der Waals surface area contributed by atoms with Gasteiger partial charge in [-0.25, -0.2) is 4.79 Å². The van der Waals surface area contributed by atoms with Crippen LogP contribution in [-0.2, 0) is 9.59 Å². The molecular weight excluding hydrogens is 240 g/mol. The lowest BCUT2D eigenvalue weighted by atomic mass is 10.1. The largest absolute Gasteiger partial charge is 0.481 e. The number of hydrogen-bond donors (Lipinski definition) is 4. The number of nitrogens with one attached hydrogen (secondary N) is 2. The minimum Gasteiger partial charge on any atom is -0.481 e. The summed E-state index contributed by atoms with van der Waals surface area (Å²) in [4.78, 5) is 34.2. The Kier molecular flexibility index (Phi) is 7.45. The number of carboxylic acid groups (broad SMARTS) is 1. The first-order valence-electron chi connectivity index (χ1n) is 5.54. The summed E-state index contributed by atoms with van der Waals surface area (Å²) in [6.07, 6.45) is -0.0584. The Labute approximate surface area is 106 Å². The normalized spacial score (nSPS) is 11.5. The van der Waals surface area contributed by atoms with Crippen LogP contribution in [-0.4, -0.2) is 61.1 Å². The Morgan fingerprint density at radius 1 is 1.22 bits per heavy atom. The molecule has 8 heteroatoms. The van der Waals surface area contributed by atoms with Crippen molar-refractivity contribution in [2.45, 2.75) is 18.9 Å². The summed E-state index contributed by atoms with van der Waals surface area (Å²) in [6.45, 7) is 0.535. The molecule has 0 rings (SSSR count). The molecule has 5 N–H and O–H groups in total. The van der Waals surface area contributed by atoms with Crippen molar-refractivity contribution < 1.29 is 19.5 Å². The van der Waals surface area contributed by atoms with Crippen LogP contribution in [0.4, 0.5) is 4.79 Å². The van der Waals surface area contributed by atoms with E-state index in [1.54, 1.807) is 14.1 Å². The molecule has 0 heterocycles. The van der Waals surface area contributed by atoms with Crippen LogP contribution in [0.2, 0.25) is 0 Å². The highest BCUT2D eigenvalue weighted by Gasteiger charge is 2.14. The highest BCUT2D eigenvalue weighted by Crippen LogP contribution is 1.94. The minimum atomic E-state index is -0.989. The van der Waals surface area contributed by atoms with Crippen LogP contribution in [0, 0.1) is 0 Å². The summed E-state index contributed by atoms with van der Waals surface area (Å²) in [5, 5.41) is 13.5. The van der Waals surface area contributed by atoms with Gasteiger partial charge in [0.1, 0.15) is 0 Å². The molecule has 0 bridgehead atoms. The van der Waals surface area contributed by atoms with Gasteiger partial charge in [-0.15, -0.1) is 0 Å². The summed E-state index contributed by atoms with van der Waals surface area (Å²) in [5.41, 5.74) is 5.48. The van der Waals surface area contributed by atoms with Crippen LogP contribution >= 0.6 is 0 Å². The summed E-state index contributed by atoms with van der Waals surface area (Å²) >= 11 is 0. The van der Waals surface area contributed by atoms with Crippen LogP contribution in [0.5, 0.6) is 0 Å². The number of carboxylic acids is 1. The summed E-state index contributed by atoms with van der Waals surface area (Å²) in [6, 6.07) is -1.09. The van der Waals surface area contributed by atoms with Crippen molar-refractivity contribution in [1.29, 1.82) is 0 Å². The van der Waals surface area contributed by atoms with E-state index in [1.807, 2.05) is 0 Å². The smallest absolute Gasteiger partial charge is 0.316 e. The Hall–Kier alpha value is -1.83. The van der Waals surface area contributed by atoms with Crippen molar-refractivity contribution in [3.05, 3.63) is 0 Å². The molecule has 0 radical (unpaired) electrons. The van der Waals surface area contributed by atoms with Crippen molar-refractivity contribution >= 4 is 17.9 Å². The molecule has 0 aromatic rings. The molecule has 1 unspecified atom stereocenters. The lowest BCUT2D eigenvalue weighted by Crippen LogP contribution is -2.44. The first-order valence-corrected chi connectivity index (χ1v) is 5.54. The third kappa shape index (κ3) is 7.44. The standard InChI is InChI=1S/C10H20N4O4/c1-14(2)10(18)13-6-5-12-9(17)7(11)3-4-8(15)16/h7H,3-6,11H2,1-2H3,(H,12,17)(H,13,18)(H,15,16). The molecule has 8 nitrogen and oxygen atoms in total. The van der Waals surface area contributed by atoms with Crippen LogP contribution in [0.25, 0.3) is 0 Å². The Balaban J connectivity index is 3.70. The van der Waals surface area contributed by atoms with E-state index in [9.17, 15) is 14.4 Å². The van der Waals surface area contributed by atoms with E-state index >= 15 is 0 Å². The highest BCUT2D eigenvalue weighted by atomic mass is 16.4. The van der Waals surface area contributed by atoms with Gasteiger partial charge in [0.25, 0.3) is 0 Å². The lowest BCUT2D eigenvalue weighted by molar-refractivity contribution is -0.137. The zero-order valence-corrected chi connectivity index (χ0v) is 10.6. The molecule has 0 aromatic carbocycles. The van der Waals surface area contributed by atoms with Gasteiger partial charge in [0, 0.05) is 33.6 Å². The van der Waals surface area contributed by atoms with Gasteiger partial charge >= 0.3 is 12.0 Å². The van der Waals surface area contributed by atoms with Gasteiger partial charge in [-0.3, -0.25) is 9.59 Å². The van der Waals surface area contributed by atoms with Crippen molar-refractivity contribution in [2.75, 3.05) is 27.2 Å². The molecule has 0 saturated carbocycles. The zero-order chi connectivity index (χ0) is 14.1. The summed E-state index contributed by atoms with van der Waals surface area (Å²) in [7, 11) is 3.21. The molecule has 1 atom stereocenters. The predicted molar refractivity (Wildman–Crippen MR) is 64.9 cm³/mol. The van der Waals surface area contributed by atoms with E-state index in [2.05, 4.69) is 10.6 Å². The van der Waals surface area contributed by atoms with Crippen molar-refractivity contribution in [3.63, 3.8) is 0 Å². The first kappa shape index (κ1) is 16.2. The van der Waals surface area contributed by atoms with Crippen LogP contribution in [0.3, 0.4) is 0 Å². The molecule has 0 aliphatic carbocycles. The number of carbonyl (C=O) groups is 3. The average Bonchev–Trinajstić information content (AvgIpc) is 2.30. The van der Waals surface area contributed by atoms with Crippen LogP contribution in [0.1, 0.15) is 12.8 Å². The fourth-order valence-electron chi connectivity index (χ4n) is 1.05. The summed E-state index contributed by atoms with van der Waals surface area (Å²) in [5.74, 6) is -1.41. The molecule has 0 aliphatic heterocycles. The fourth-order valence-corrected chi connectivity index (χ4v) is 1.05. The van der Waals surface area contributed by atoms with Gasteiger partial charge < -0.3 is 26.4 Å². The second-order valence-electron chi connectivity index (χ2n) is 3.96. The number of carbonyl (C=O) groups excluding carboxylic acids is 2. The Bertz CT molecular complexity index is 306. The maximum Gasteiger partial charge on any atom is 0.316 e. The zero-order valence-electron chi connectivity index (χ0n) is 10.6. The number of rotatable bonds is 7. The molecule has 0 aliphatic rings. The van der Waals surface area contributed by atoms with Gasteiger partial charge in [0.05, 0.1) is 6.04 Å². The lowest BCUT2D eigenvalue weighted by Gasteiger charge is -2.13. The molecule has 3 amide bonds. The minimum absolute atomic E-state index is 0.0885. The van der Waals surface area contributed by atoms with Gasteiger partial charge in [-0.1, -0.05) is 0 Å². The monoisotopic (exact) mass is 260 g/mol. The number of amides is 3. The quantitative estimate of drug-likeness (QED) is 0.417. The number of urea groups is 1. The first-order chi connectivity index (χ1) is 8.34. The Morgan fingerprint density at radius 2 is 1.78 bits per heavy atom. The topological polar surface area (TPSA) is 125 Å². The van der Waals surface area contributed by atoms with E-state index in [-0.39, 0.29) is 32.0 Å². The molecule has 18 heavy (non-hydrogen) atoms. The number of hydrogen-bond acceptors (Lipinski definition) is 4. The number of nitrogens with zero attached hydrogens (tertiary/aromatic N) is 1. The van der Waals surface area contributed by atoms with E-state index < -0.39 is 17.9 Å². The molecule has 104 valence electrons. The van der Waals surface area contributed by atoms with Gasteiger partial charge in [0.15, 0.2) is 0 Å².